The standard InChI is InChI=1S/C22H24N2O3S/c1-27-17-8-6-15(7-9-17)21(25)24-20(13-18-3-2-10-28-18)22(26)23-19-12-14-4-5-16(19)11-14/h2-3,6-10,13-14,16,19H,4-5,11-12H2,1H3,(H,23,26)(H,24,25)/b20-13-/t14-,16-,19-/m1/s1. The number of carbonyl (C=O) groups is 2. The summed E-state index contributed by atoms with van der Waals surface area (Å²) in [4.78, 5) is 26.6. The number of thiophene rings is 1. The third kappa shape index (κ3) is 4.12. The summed E-state index contributed by atoms with van der Waals surface area (Å²) in [7, 11) is 1.58. The highest BCUT2D eigenvalue weighted by molar-refractivity contribution is 7.10. The van der Waals surface area contributed by atoms with E-state index in [2.05, 4.69) is 10.6 Å². The van der Waals surface area contributed by atoms with Crippen molar-refractivity contribution in [1.29, 1.82) is 0 Å². The summed E-state index contributed by atoms with van der Waals surface area (Å²) >= 11 is 1.53. The molecular weight excluding hydrogens is 372 g/mol. The molecular formula is C22H24N2O3S. The molecule has 0 radical (unpaired) electrons. The average molecular weight is 397 g/mol. The summed E-state index contributed by atoms with van der Waals surface area (Å²) in [5.74, 6) is 1.48. The maximum Gasteiger partial charge on any atom is 0.268 e. The molecule has 2 aliphatic carbocycles. The van der Waals surface area contributed by atoms with Gasteiger partial charge in [-0.15, -0.1) is 11.3 Å². The van der Waals surface area contributed by atoms with Crippen LogP contribution in [-0.2, 0) is 4.79 Å². The number of carbonyl (C=O) groups excluding carboxylic acids is 2. The molecule has 1 heterocycles. The minimum atomic E-state index is -0.312. The lowest BCUT2D eigenvalue weighted by Gasteiger charge is -2.23. The van der Waals surface area contributed by atoms with Gasteiger partial charge in [0.05, 0.1) is 7.11 Å². The quantitative estimate of drug-likeness (QED) is 0.729. The highest BCUT2D eigenvalue weighted by Crippen LogP contribution is 2.44. The van der Waals surface area contributed by atoms with Crippen LogP contribution in [0.5, 0.6) is 5.75 Å². The molecule has 0 saturated heterocycles. The van der Waals surface area contributed by atoms with Gasteiger partial charge in [-0.3, -0.25) is 9.59 Å². The second kappa shape index (κ2) is 8.19. The van der Waals surface area contributed by atoms with Crippen molar-refractivity contribution in [3.05, 3.63) is 57.9 Å². The molecule has 0 spiro atoms. The van der Waals surface area contributed by atoms with Crippen LogP contribution >= 0.6 is 11.3 Å². The molecule has 2 aliphatic rings. The van der Waals surface area contributed by atoms with Gasteiger partial charge in [-0.05, 0) is 72.9 Å². The summed E-state index contributed by atoms with van der Waals surface area (Å²) in [6.45, 7) is 0. The van der Waals surface area contributed by atoms with Gasteiger partial charge in [-0.2, -0.15) is 0 Å². The number of methoxy groups -OCH3 is 1. The van der Waals surface area contributed by atoms with Gasteiger partial charge in [0, 0.05) is 16.5 Å². The minimum Gasteiger partial charge on any atom is -0.497 e. The third-order valence-electron chi connectivity index (χ3n) is 5.73. The lowest BCUT2D eigenvalue weighted by molar-refractivity contribution is -0.118. The van der Waals surface area contributed by atoms with Crippen LogP contribution in [0, 0.1) is 11.8 Å². The molecule has 146 valence electrons. The summed E-state index contributed by atoms with van der Waals surface area (Å²) < 4.78 is 5.13. The zero-order valence-electron chi connectivity index (χ0n) is 15.8. The number of hydrogen-bond acceptors (Lipinski definition) is 4. The third-order valence-corrected chi connectivity index (χ3v) is 6.55. The molecule has 2 bridgehead atoms. The summed E-state index contributed by atoms with van der Waals surface area (Å²) in [5.41, 5.74) is 0.761. The number of rotatable bonds is 6. The van der Waals surface area contributed by atoms with Crippen molar-refractivity contribution >= 4 is 29.2 Å². The van der Waals surface area contributed by atoms with Crippen molar-refractivity contribution < 1.29 is 14.3 Å². The van der Waals surface area contributed by atoms with Gasteiger partial charge in [-0.1, -0.05) is 12.5 Å². The van der Waals surface area contributed by atoms with E-state index in [9.17, 15) is 9.59 Å². The topological polar surface area (TPSA) is 67.4 Å². The monoisotopic (exact) mass is 396 g/mol. The predicted octanol–water partition coefficient (Wildman–Crippen LogP) is 3.83. The van der Waals surface area contributed by atoms with E-state index in [0.29, 0.717) is 17.2 Å². The number of amides is 2. The fourth-order valence-corrected chi connectivity index (χ4v) is 4.94. The smallest absolute Gasteiger partial charge is 0.268 e. The molecule has 1 aromatic carbocycles. The zero-order valence-corrected chi connectivity index (χ0v) is 16.6. The van der Waals surface area contributed by atoms with Crippen molar-refractivity contribution in [2.75, 3.05) is 7.11 Å². The fourth-order valence-electron chi connectivity index (χ4n) is 4.28. The van der Waals surface area contributed by atoms with Gasteiger partial charge in [-0.25, -0.2) is 0 Å². The number of fused-ring (bicyclic) bond motifs is 2. The summed E-state index contributed by atoms with van der Waals surface area (Å²) in [6, 6.07) is 10.9. The predicted molar refractivity (Wildman–Crippen MR) is 110 cm³/mol. The lowest BCUT2D eigenvalue weighted by Crippen LogP contribution is -2.42. The molecule has 6 heteroatoms. The largest absolute Gasteiger partial charge is 0.497 e. The van der Waals surface area contributed by atoms with Crippen LogP contribution in [0.2, 0.25) is 0 Å². The van der Waals surface area contributed by atoms with Gasteiger partial charge in [0.2, 0.25) is 0 Å². The van der Waals surface area contributed by atoms with Crippen LogP contribution in [0.3, 0.4) is 0 Å². The van der Waals surface area contributed by atoms with Crippen molar-refractivity contribution in [1.82, 2.24) is 10.6 Å². The van der Waals surface area contributed by atoms with Crippen LogP contribution < -0.4 is 15.4 Å². The van der Waals surface area contributed by atoms with Crippen LogP contribution in [0.1, 0.15) is 40.9 Å². The Kier molecular flexibility index (Phi) is 5.48. The van der Waals surface area contributed by atoms with Gasteiger partial charge in [0.25, 0.3) is 11.8 Å². The summed E-state index contributed by atoms with van der Waals surface area (Å²) in [5, 5.41) is 7.91. The van der Waals surface area contributed by atoms with E-state index in [1.54, 1.807) is 37.5 Å². The Bertz CT molecular complexity index is 874. The SMILES string of the molecule is COc1ccc(C(=O)N/C(=C\c2cccs2)C(=O)N[C@@H]2C[C@@H]3CC[C@@H]2C3)cc1. The van der Waals surface area contributed by atoms with E-state index in [-0.39, 0.29) is 23.6 Å². The molecule has 28 heavy (non-hydrogen) atoms. The number of nitrogens with one attached hydrogen (secondary N) is 2. The van der Waals surface area contributed by atoms with Gasteiger partial charge < -0.3 is 15.4 Å². The van der Waals surface area contributed by atoms with Crippen molar-refractivity contribution in [3.63, 3.8) is 0 Å². The minimum absolute atomic E-state index is 0.215. The maximum atomic E-state index is 13.0. The van der Waals surface area contributed by atoms with Gasteiger partial charge in [0.1, 0.15) is 11.4 Å². The van der Waals surface area contributed by atoms with Crippen LogP contribution in [0.4, 0.5) is 0 Å². The van der Waals surface area contributed by atoms with E-state index in [1.807, 2.05) is 17.5 Å². The lowest BCUT2D eigenvalue weighted by atomic mass is 9.95. The summed E-state index contributed by atoms with van der Waals surface area (Å²) in [6.07, 6.45) is 6.48. The van der Waals surface area contributed by atoms with E-state index in [4.69, 9.17) is 4.74 Å². The highest BCUT2D eigenvalue weighted by atomic mass is 32.1. The molecule has 2 saturated carbocycles. The molecule has 2 amide bonds. The molecule has 2 N–H and O–H groups in total. The van der Waals surface area contributed by atoms with Crippen molar-refractivity contribution in [3.8, 4) is 5.75 Å². The first kappa shape index (κ1) is 18.7. The Morgan fingerprint density at radius 3 is 2.57 bits per heavy atom. The molecule has 5 nitrogen and oxygen atoms in total. The molecule has 2 aromatic rings. The average Bonchev–Trinajstić information content (AvgIpc) is 3.46. The zero-order chi connectivity index (χ0) is 19.5. The van der Waals surface area contributed by atoms with E-state index in [1.165, 1.54) is 30.6 Å². The van der Waals surface area contributed by atoms with Crippen molar-refractivity contribution in [2.24, 2.45) is 11.8 Å². The molecule has 0 aliphatic heterocycles. The maximum absolute atomic E-state index is 13.0. The Morgan fingerprint density at radius 2 is 1.96 bits per heavy atom. The Morgan fingerprint density at radius 1 is 1.14 bits per heavy atom. The van der Waals surface area contributed by atoms with Crippen molar-refractivity contribution in [2.45, 2.75) is 31.7 Å². The first-order valence-corrected chi connectivity index (χ1v) is 10.5. The Balaban J connectivity index is 1.50. The van der Waals surface area contributed by atoms with Crippen LogP contribution in [-0.4, -0.2) is 25.0 Å². The number of benzene rings is 1. The molecule has 0 unspecified atom stereocenters. The molecule has 4 rings (SSSR count). The number of ether oxygens (including phenoxy) is 1. The number of hydrogen-bond donors (Lipinski definition) is 2. The normalized spacial score (nSPS) is 23.5. The van der Waals surface area contributed by atoms with Crippen LogP contribution in [0.25, 0.3) is 6.08 Å². The Labute approximate surface area is 168 Å². The van der Waals surface area contributed by atoms with E-state index < -0.39 is 0 Å². The fraction of sp³-hybridized carbons (Fsp3) is 0.364. The first-order valence-electron chi connectivity index (χ1n) is 9.64. The van der Waals surface area contributed by atoms with Gasteiger partial charge in [0.15, 0.2) is 0 Å². The molecule has 2 fully saturated rings. The molecule has 3 atom stereocenters. The van der Waals surface area contributed by atoms with E-state index in [0.717, 1.165) is 17.2 Å². The highest BCUT2D eigenvalue weighted by Gasteiger charge is 2.40. The molecule has 1 aromatic heterocycles. The van der Waals surface area contributed by atoms with E-state index >= 15 is 0 Å². The van der Waals surface area contributed by atoms with Gasteiger partial charge >= 0.3 is 0 Å². The van der Waals surface area contributed by atoms with Crippen LogP contribution in [0.15, 0.2) is 47.5 Å². The second-order valence-corrected chi connectivity index (χ2v) is 8.49. The Hall–Kier alpha value is -2.60. The second-order valence-electron chi connectivity index (χ2n) is 7.51. The first-order chi connectivity index (χ1) is 13.6.